The molecule has 0 radical (unpaired) electrons. The molecule has 0 heterocycles. The second-order valence-corrected chi connectivity index (χ2v) is 4.59. The molecule has 0 spiro atoms. The first kappa shape index (κ1) is 14.3. The first-order valence-corrected chi connectivity index (χ1v) is 4.87. The van der Waals surface area contributed by atoms with Gasteiger partial charge in [0.25, 0.3) is 0 Å². The molecule has 0 aliphatic carbocycles. The predicted molar refractivity (Wildman–Crippen MR) is 52.4 cm³/mol. The van der Waals surface area contributed by atoms with Gasteiger partial charge in [0.1, 0.15) is 0 Å². The summed E-state index contributed by atoms with van der Waals surface area (Å²) in [5.41, 5.74) is -0.338. The van der Waals surface area contributed by atoms with Crippen LogP contribution in [0.5, 0.6) is 0 Å². The van der Waals surface area contributed by atoms with Gasteiger partial charge in [-0.15, -0.1) is 0 Å². The molecule has 0 aromatic rings. The number of hydrogen-bond acceptors (Lipinski definition) is 1. The zero-order valence-corrected chi connectivity index (χ0v) is 9.61. The molecule has 0 aromatic carbocycles. The summed E-state index contributed by atoms with van der Waals surface area (Å²) in [4.78, 5) is 12.9. The summed E-state index contributed by atoms with van der Waals surface area (Å²) in [6.45, 7) is 5.53. The average Bonchev–Trinajstić information content (AvgIpc) is 1.98. The van der Waals surface area contributed by atoms with Crippen LogP contribution in [0.25, 0.3) is 0 Å². The first-order valence-electron chi connectivity index (χ1n) is 4.87. The Kier molecular flexibility index (Phi) is 4.62. The Balaban J connectivity index is 3.96. The molecule has 1 amide bonds. The number of nitrogens with zero attached hydrogens (tertiary/aromatic N) is 1. The van der Waals surface area contributed by atoms with Crippen LogP contribution in [0.2, 0.25) is 0 Å². The molecule has 0 fully saturated rings. The molecule has 0 aliphatic heterocycles. The second kappa shape index (κ2) is 4.86. The third-order valence-electron chi connectivity index (χ3n) is 2.23. The maximum Gasteiger partial charge on any atom is 0.389 e. The molecule has 0 aliphatic rings. The predicted octanol–water partition coefficient (Wildman–Crippen LogP) is 2.98. The quantitative estimate of drug-likeness (QED) is 0.723. The van der Waals surface area contributed by atoms with Crippen LogP contribution in [0.4, 0.5) is 13.2 Å². The van der Waals surface area contributed by atoms with Crippen molar-refractivity contribution in [1.82, 2.24) is 4.90 Å². The summed E-state index contributed by atoms with van der Waals surface area (Å²) in [6, 6.07) is 0. The van der Waals surface area contributed by atoms with Gasteiger partial charge in [-0.25, -0.2) is 0 Å². The van der Waals surface area contributed by atoms with Crippen molar-refractivity contribution in [2.45, 2.75) is 51.7 Å². The molecule has 5 heteroatoms. The zero-order valence-electron chi connectivity index (χ0n) is 9.61. The Morgan fingerprint density at radius 3 is 2.00 bits per heavy atom. The Morgan fingerprint density at radius 2 is 1.67 bits per heavy atom. The minimum atomic E-state index is -4.17. The van der Waals surface area contributed by atoms with E-state index in [9.17, 15) is 18.0 Å². The molecular formula is C10H18F3NO. The molecule has 2 nitrogen and oxygen atoms in total. The summed E-state index contributed by atoms with van der Waals surface area (Å²) in [6.07, 6.45) is -5.24. The topological polar surface area (TPSA) is 20.3 Å². The van der Waals surface area contributed by atoms with Crippen LogP contribution < -0.4 is 0 Å². The number of halogens is 3. The monoisotopic (exact) mass is 225 g/mol. The molecule has 90 valence electrons. The Morgan fingerprint density at radius 1 is 1.20 bits per heavy atom. The molecule has 0 saturated carbocycles. The van der Waals surface area contributed by atoms with E-state index in [-0.39, 0.29) is 24.3 Å². The van der Waals surface area contributed by atoms with Gasteiger partial charge in [-0.2, -0.15) is 13.2 Å². The fraction of sp³-hybridized carbons (Fsp3) is 0.900. The van der Waals surface area contributed by atoms with Crippen molar-refractivity contribution in [3.05, 3.63) is 0 Å². The van der Waals surface area contributed by atoms with Crippen LogP contribution in [0, 0.1) is 0 Å². The van der Waals surface area contributed by atoms with Gasteiger partial charge in [-0.1, -0.05) is 0 Å². The first-order chi connectivity index (χ1) is 6.54. The lowest BCUT2D eigenvalue weighted by Crippen LogP contribution is -2.42. The van der Waals surface area contributed by atoms with Gasteiger partial charge in [0.2, 0.25) is 5.91 Å². The summed E-state index contributed by atoms with van der Waals surface area (Å²) < 4.78 is 35.4. The van der Waals surface area contributed by atoms with E-state index in [1.807, 2.05) is 20.8 Å². The van der Waals surface area contributed by atoms with E-state index in [0.29, 0.717) is 0 Å². The smallest absolute Gasteiger partial charge is 0.341 e. The van der Waals surface area contributed by atoms with E-state index in [1.54, 1.807) is 7.05 Å². The third kappa shape index (κ3) is 6.36. The lowest BCUT2D eigenvalue weighted by molar-refractivity contribution is -0.141. The maximum atomic E-state index is 11.8. The van der Waals surface area contributed by atoms with Crippen molar-refractivity contribution >= 4 is 5.91 Å². The summed E-state index contributed by atoms with van der Waals surface area (Å²) >= 11 is 0. The number of hydrogen-bond donors (Lipinski definition) is 0. The Labute approximate surface area is 88.4 Å². The van der Waals surface area contributed by atoms with Gasteiger partial charge < -0.3 is 4.90 Å². The minimum absolute atomic E-state index is 0.0483. The van der Waals surface area contributed by atoms with Crippen molar-refractivity contribution in [1.29, 1.82) is 0 Å². The highest BCUT2D eigenvalue weighted by Gasteiger charge is 2.28. The highest BCUT2D eigenvalue weighted by atomic mass is 19.4. The molecule has 0 atom stereocenters. The van der Waals surface area contributed by atoms with Crippen molar-refractivity contribution in [2.24, 2.45) is 0 Å². The fourth-order valence-electron chi connectivity index (χ4n) is 0.982. The van der Waals surface area contributed by atoms with Crippen LogP contribution in [0.15, 0.2) is 0 Å². The molecule has 0 N–H and O–H groups in total. The third-order valence-corrected chi connectivity index (χ3v) is 2.23. The largest absolute Gasteiger partial charge is 0.389 e. The van der Waals surface area contributed by atoms with E-state index in [1.165, 1.54) is 4.90 Å². The minimum Gasteiger partial charge on any atom is -0.341 e. The number of carbonyl (C=O) groups is 1. The molecule has 0 saturated heterocycles. The van der Waals surface area contributed by atoms with Gasteiger partial charge in [-0.3, -0.25) is 4.79 Å². The standard InChI is InChI=1S/C10H18F3NO/c1-9(2,3)14(4)8(15)6-5-7-10(11,12)13/h5-7H2,1-4H3. The number of alkyl halides is 3. The lowest BCUT2D eigenvalue weighted by Gasteiger charge is -2.32. The number of carbonyl (C=O) groups excluding carboxylic acids is 1. The van der Waals surface area contributed by atoms with Gasteiger partial charge in [0.15, 0.2) is 0 Å². The van der Waals surface area contributed by atoms with Gasteiger partial charge in [-0.05, 0) is 27.2 Å². The molecular weight excluding hydrogens is 207 g/mol. The van der Waals surface area contributed by atoms with Crippen LogP contribution >= 0.6 is 0 Å². The van der Waals surface area contributed by atoms with E-state index in [2.05, 4.69) is 0 Å². The van der Waals surface area contributed by atoms with Crippen LogP contribution in [-0.2, 0) is 4.79 Å². The SMILES string of the molecule is CN(C(=O)CCCC(F)(F)F)C(C)(C)C. The lowest BCUT2D eigenvalue weighted by atomic mass is 10.1. The molecule has 0 aromatic heterocycles. The van der Waals surface area contributed by atoms with Gasteiger partial charge in [0, 0.05) is 25.4 Å². The second-order valence-electron chi connectivity index (χ2n) is 4.59. The van der Waals surface area contributed by atoms with E-state index in [4.69, 9.17) is 0 Å². The zero-order chi connectivity index (χ0) is 12.3. The highest BCUT2D eigenvalue weighted by molar-refractivity contribution is 5.76. The van der Waals surface area contributed by atoms with Crippen LogP contribution in [0.3, 0.4) is 0 Å². The number of amides is 1. The molecule has 0 bridgehead atoms. The summed E-state index contributed by atoms with van der Waals surface area (Å²) in [7, 11) is 1.61. The summed E-state index contributed by atoms with van der Waals surface area (Å²) in [5.74, 6) is -0.244. The maximum absolute atomic E-state index is 11.8. The summed E-state index contributed by atoms with van der Waals surface area (Å²) in [5, 5.41) is 0. The number of rotatable bonds is 3. The van der Waals surface area contributed by atoms with Gasteiger partial charge in [0.05, 0.1) is 0 Å². The van der Waals surface area contributed by atoms with E-state index in [0.717, 1.165) is 0 Å². The van der Waals surface area contributed by atoms with Crippen LogP contribution in [0.1, 0.15) is 40.0 Å². The normalized spacial score (nSPS) is 12.7. The average molecular weight is 225 g/mol. The van der Waals surface area contributed by atoms with Crippen molar-refractivity contribution in [2.75, 3.05) is 7.05 Å². The fourth-order valence-corrected chi connectivity index (χ4v) is 0.982. The van der Waals surface area contributed by atoms with Gasteiger partial charge >= 0.3 is 6.18 Å². The molecule has 0 unspecified atom stereocenters. The Hall–Kier alpha value is -0.740. The van der Waals surface area contributed by atoms with E-state index >= 15 is 0 Å². The highest BCUT2D eigenvalue weighted by Crippen LogP contribution is 2.23. The van der Waals surface area contributed by atoms with E-state index < -0.39 is 12.6 Å². The molecule has 15 heavy (non-hydrogen) atoms. The Bertz CT molecular complexity index is 218. The molecule has 0 rings (SSSR count). The van der Waals surface area contributed by atoms with Crippen molar-refractivity contribution < 1.29 is 18.0 Å². The van der Waals surface area contributed by atoms with Crippen LogP contribution in [-0.4, -0.2) is 29.6 Å². The van der Waals surface area contributed by atoms with Crippen molar-refractivity contribution in [3.8, 4) is 0 Å². The van der Waals surface area contributed by atoms with Crippen molar-refractivity contribution in [3.63, 3.8) is 0 Å².